The Labute approximate surface area is 119 Å². The fourth-order valence-corrected chi connectivity index (χ4v) is 3.25. The van der Waals surface area contributed by atoms with Gasteiger partial charge < -0.3 is 15.5 Å². The number of anilines is 2. The Kier molecular flexibility index (Phi) is 4.74. The highest BCUT2D eigenvalue weighted by atomic mass is 16.2. The maximum Gasteiger partial charge on any atom is 0.182 e. The average Bonchev–Trinajstić information content (AvgIpc) is 2.81. The van der Waals surface area contributed by atoms with Crippen LogP contribution < -0.4 is 15.5 Å². The van der Waals surface area contributed by atoms with Gasteiger partial charge in [0.2, 0.25) is 0 Å². The number of piperidine rings is 1. The molecule has 0 aliphatic carbocycles. The zero-order valence-corrected chi connectivity index (χ0v) is 11.9. The van der Waals surface area contributed by atoms with Crippen molar-refractivity contribution in [1.82, 2.24) is 5.32 Å². The number of carbonyl (C=O) groups excluding carboxylic acids is 2. The summed E-state index contributed by atoms with van der Waals surface area (Å²) in [5.41, 5.74) is 4.17. The number of carbonyl (C=O) groups is 2. The van der Waals surface area contributed by atoms with E-state index in [-0.39, 0.29) is 12.6 Å². The molecule has 20 heavy (non-hydrogen) atoms. The van der Waals surface area contributed by atoms with E-state index in [4.69, 9.17) is 9.59 Å². The summed E-state index contributed by atoms with van der Waals surface area (Å²) in [4.78, 5) is 20.1. The van der Waals surface area contributed by atoms with Crippen molar-refractivity contribution in [2.24, 2.45) is 0 Å². The van der Waals surface area contributed by atoms with Gasteiger partial charge in [0.15, 0.2) is 12.6 Å². The Balaban J connectivity index is 0.000000328. The van der Waals surface area contributed by atoms with Crippen LogP contribution in [0.15, 0.2) is 18.2 Å². The summed E-state index contributed by atoms with van der Waals surface area (Å²) < 4.78 is 0. The van der Waals surface area contributed by atoms with Crippen LogP contribution in [-0.2, 0) is 9.59 Å². The van der Waals surface area contributed by atoms with Crippen LogP contribution in [0.2, 0.25) is 0 Å². The summed E-state index contributed by atoms with van der Waals surface area (Å²) in [6, 6.07) is 7.30. The second kappa shape index (κ2) is 6.52. The summed E-state index contributed by atoms with van der Waals surface area (Å²) >= 11 is 0. The molecular weight excluding hydrogens is 254 g/mol. The lowest BCUT2D eigenvalue weighted by Gasteiger charge is -2.31. The van der Waals surface area contributed by atoms with Crippen molar-refractivity contribution in [3.8, 4) is 0 Å². The minimum atomic E-state index is 0.194. The van der Waals surface area contributed by atoms with E-state index in [0.29, 0.717) is 12.0 Å². The predicted octanol–water partition coefficient (Wildman–Crippen LogP) is 1.01. The number of hydrogen-bond donors (Lipinski definition) is 2. The highest BCUT2D eigenvalue weighted by molar-refractivity contribution is 6.09. The van der Waals surface area contributed by atoms with E-state index in [1.54, 1.807) is 0 Å². The molecule has 2 unspecified atom stereocenters. The van der Waals surface area contributed by atoms with Crippen molar-refractivity contribution in [3.63, 3.8) is 0 Å². The van der Waals surface area contributed by atoms with Gasteiger partial charge in [-0.25, -0.2) is 0 Å². The van der Waals surface area contributed by atoms with Crippen LogP contribution in [0.1, 0.15) is 17.9 Å². The third kappa shape index (κ3) is 2.54. The van der Waals surface area contributed by atoms with Gasteiger partial charge in [-0.15, -0.1) is 0 Å². The lowest BCUT2D eigenvalue weighted by atomic mass is 9.90. The summed E-state index contributed by atoms with van der Waals surface area (Å²) in [5.74, 6) is 0.669. The van der Waals surface area contributed by atoms with Gasteiger partial charge in [-0.1, -0.05) is 12.1 Å². The number of benzene rings is 1. The van der Waals surface area contributed by atoms with E-state index in [1.165, 1.54) is 23.4 Å². The van der Waals surface area contributed by atoms with Crippen molar-refractivity contribution in [1.29, 1.82) is 0 Å². The Morgan fingerprint density at radius 3 is 2.75 bits per heavy atom. The molecule has 2 heterocycles. The predicted molar refractivity (Wildman–Crippen MR) is 80.5 cm³/mol. The van der Waals surface area contributed by atoms with Crippen molar-refractivity contribution < 1.29 is 9.59 Å². The molecule has 2 N–H and O–H groups in total. The minimum absolute atomic E-state index is 0.194. The van der Waals surface area contributed by atoms with E-state index >= 15 is 0 Å². The molecular formula is C15H21N3O2. The van der Waals surface area contributed by atoms with Gasteiger partial charge in [-0.05, 0) is 24.6 Å². The number of aldehydes is 2. The number of fused-ring (bicyclic) bond motifs is 3. The molecule has 1 aromatic rings. The quantitative estimate of drug-likeness (QED) is 0.623. The SMILES string of the molecule is CNc1cccc2c1N(C)C1CCNCC21.O=CC=O. The van der Waals surface area contributed by atoms with E-state index in [9.17, 15) is 0 Å². The molecule has 5 heteroatoms. The van der Waals surface area contributed by atoms with Gasteiger partial charge in [0.05, 0.1) is 11.4 Å². The second-order valence-corrected chi connectivity index (χ2v) is 5.04. The molecule has 2 aliphatic heterocycles. The highest BCUT2D eigenvalue weighted by Gasteiger charge is 2.38. The summed E-state index contributed by atoms with van der Waals surface area (Å²) in [5, 5.41) is 6.81. The van der Waals surface area contributed by atoms with E-state index in [1.807, 2.05) is 7.05 Å². The number of hydrogen-bond acceptors (Lipinski definition) is 5. The molecule has 1 saturated heterocycles. The second-order valence-electron chi connectivity index (χ2n) is 5.04. The van der Waals surface area contributed by atoms with Crippen LogP contribution in [0.5, 0.6) is 0 Å². The Bertz CT molecular complexity index is 484. The Hall–Kier alpha value is -1.88. The van der Waals surface area contributed by atoms with E-state index in [0.717, 1.165) is 13.1 Å². The van der Waals surface area contributed by atoms with Gasteiger partial charge in [0.1, 0.15) is 0 Å². The third-order valence-corrected chi connectivity index (χ3v) is 4.09. The molecule has 1 aromatic carbocycles. The van der Waals surface area contributed by atoms with E-state index < -0.39 is 0 Å². The number of para-hydroxylation sites is 1. The van der Waals surface area contributed by atoms with Crippen molar-refractivity contribution >= 4 is 23.9 Å². The number of likely N-dealkylation sites (N-methyl/N-ethyl adjacent to an activating group) is 1. The minimum Gasteiger partial charge on any atom is -0.386 e. The molecule has 5 nitrogen and oxygen atoms in total. The van der Waals surface area contributed by atoms with Crippen LogP contribution in [0.25, 0.3) is 0 Å². The van der Waals surface area contributed by atoms with Gasteiger partial charge in [0.25, 0.3) is 0 Å². The number of nitrogens with one attached hydrogen (secondary N) is 2. The van der Waals surface area contributed by atoms with Crippen LogP contribution in [0, 0.1) is 0 Å². The molecule has 0 bridgehead atoms. The molecule has 0 radical (unpaired) electrons. The summed E-state index contributed by atoms with van der Waals surface area (Å²) in [6.07, 6.45) is 1.64. The van der Waals surface area contributed by atoms with E-state index in [2.05, 4.69) is 40.8 Å². The Morgan fingerprint density at radius 1 is 1.35 bits per heavy atom. The smallest absolute Gasteiger partial charge is 0.182 e. The number of nitrogens with zero attached hydrogens (tertiary/aromatic N) is 1. The monoisotopic (exact) mass is 275 g/mol. The lowest BCUT2D eigenvalue weighted by Crippen LogP contribution is -2.42. The molecule has 0 amide bonds. The van der Waals surface area contributed by atoms with Crippen LogP contribution >= 0.6 is 0 Å². The zero-order chi connectivity index (χ0) is 14.5. The van der Waals surface area contributed by atoms with Crippen molar-refractivity contribution in [3.05, 3.63) is 23.8 Å². The fourth-order valence-electron chi connectivity index (χ4n) is 3.25. The topological polar surface area (TPSA) is 61.4 Å². The standard InChI is InChI=1S/C13H19N3.C2H2O2/c1-14-11-5-3-4-9-10-8-15-7-6-12(10)16(2)13(9)11;3-1-2-4/h3-5,10,12,14-15H,6-8H2,1-2H3;1-2H. The largest absolute Gasteiger partial charge is 0.386 e. The van der Waals surface area contributed by atoms with Gasteiger partial charge >= 0.3 is 0 Å². The molecule has 0 saturated carbocycles. The highest BCUT2D eigenvalue weighted by Crippen LogP contribution is 2.45. The van der Waals surface area contributed by atoms with Gasteiger partial charge in [-0.3, -0.25) is 9.59 Å². The third-order valence-electron chi connectivity index (χ3n) is 4.09. The van der Waals surface area contributed by atoms with Crippen LogP contribution in [-0.4, -0.2) is 45.8 Å². The Morgan fingerprint density at radius 2 is 2.10 bits per heavy atom. The first kappa shape index (κ1) is 14.5. The maximum atomic E-state index is 8.81. The molecule has 1 fully saturated rings. The summed E-state index contributed by atoms with van der Waals surface area (Å²) in [6.45, 7) is 2.27. The van der Waals surface area contributed by atoms with Gasteiger partial charge in [0, 0.05) is 32.6 Å². The lowest BCUT2D eigenvalue weighted by molar-refractivity contribution is -0.122. The molecule has 0 aromatic heterocycles. The van der Waals surface area contributed by atoms with Gasteiger partial charge in [-0.2, -0.15) is 0 Å². The first-order chi connectivity index (χ1) is 9.74. The molecule has 0 spiro atoms. The van der Waals surface area contributed by atoms with Crippen LogP contribution in [0.3, 0.4) is 0 Å². The van der Waals surface area contributed by atoms with Crippen LogP contribution in [0.4, 0.5) is 11.4 Å². The summed E-state index contributed by atoms with van der Waals surface area (Å²) in [7, 11) is 4.24. The normalized spacial score (nSPS) is 23.0. The first-order valence-corrected chi connectivity index (χ1v) is 6.87. The fraction of sp³-hybridized carbons (Fsp3) is 0.467. The van der Waals surface area contributed by atoms with Crippen molar-refractivity contribution in [2.75, 3.05) is 37.4 Å². The van der Waals surface area contributed by atoms with Crippen molar-refractivity contribution in [2.45, 2.75) is 18.4 Å². The molecule has 2 atom stereocenters. The molecule has 108 valence electrons. The maximum absolute atomic E-state index is 8.81. The average molecular weight is 275 g/mol. The first-order valence-electron chi connectivity index (χ1n) is 6.87. The molecule has 3 rings (SSSR count). The number of rotatable bonds is 2. The molecule has 2 aliphatic rings. The zero-order valence-electron chi connectivity index (χ0n) is 11.9.